The maximum atomic E-state index is 9.46. The molecule has 0 fully saturated rings. The molecule has 142 valence electrons. The lowest BCUT2D eigenvalue weighted by molar-refractivity contribution is 0.280. The molecular formula is C22H28N4O. The number of guanidine groups is 1. The summed E-state index contributed by atoms with van der Waals surface area (Å²) in [6.45, 7) is 6.37. The molecule has 5 nitrogen and oxygen atoms in total. The van der Waals surface area contributed by atoms with E-state index >= 15 is 0 Å². The highest BCUT2D eigenvalue weighted by atomic mass is 16.3. The van der Waals surface area contributed by atoms with E-state index < -0.39 is 0 Å². The Labute approximate surface area is 160 Å². The van der Waals surface area contributed by atoms with E-state index in [-0.39, 0.29) is 6.61 Å². The highest BCUT2D eigenvalue weighted by Gasteiger charge is 2.06. The Morgan fingerprint density at radius 1 is 1.04 bits per heavy atom. The van der Waals surface area contributed by atoms with Crippen LogP contribution in [0.3, 0.4) is 0 Å². The van der Waals surface area contributed by atoms with Crippen molar-refractivity contribution in [3.8, 4) is 0 Å². The fraction of sp³-hybridized carbons (Fsp3) is 0.318. The van der Waals surface area contributed by atoms with Crippen LogP contribution in [0.2, 0.25) is 0 Å². The second kappa shape index (κ2) is 9.24. The summed E-state index contributed by atoms with van der Waals surface area (Å²) >= 11 is 0. The smallest absolute Gasteiger partial charge is 0.191 e. The van der Waals surface area contributed by atoms with E-state index in [0.717, 1.165) is 36.6 Å². The fourth-order valence-corrected chi connectivity index (χ4v) is 3.26. The monoisotopic (exact) mass is 364 g/mol. The molecule has 0 aliphatic heterocycles. The molecule has 5 heteroatoms. The standard InChI is InChI=1S/C22H28N4O/c1-3-23-22(26-13-17-8-4-5-9-19(17)15-27)24-12-11-18-14-25-21-16(2)7-6-10-20(18)21/h4-10,14,25,27H,3,11-13,15H2,1-2H3,(H2,23,24,26). The lowest BCUT2D eigenvalue weighted by atomic mass is 10.1. The van der Waals surface area contributed by atoms with Gasteiger partial charge in [0.05, 0.1) is 13.2 Å². The van der Waals surface area contributed by atoms with Crippen LogP contribution in [0.4, 0.5) is 0 Å². The maximum absolute atomic E-state index is 9.46. The number of para-hydroxylation sites is 1. The van der Waals surface area contributed by atoms with Crippen molar-refractivity contribution in [2.75, 3.05) is 13.1 Å². The van der Waals surface area contributed by atoms with Crippen LogP contribution < -0.4 is 10.6 Å². The van der Waals surface area contributed by atoms with Crippen molar-refractivity contribution < 1.29 is 5.11 Å². The van der Waals surface area contributed by atoms with Crippen molar-refractivity contribution in [3.05, 3.63) is 70.9 Å². The van der Waals surface area contributed by atoms with Gasteiger partial charge in [0.1, 0.15) is 0 Å². The Morgan fingerprint density at radius 3 is 2.63 bits per heavy atom. The number of fused-ring (bicyclic) bond motifs is 1. The van der Waals surface area contributed by atoms with Gasteiger partial charge >= 0.3 is 0 Å². The van der Waals surface area contributed by atoms with Crippen LogP contribution in [-0.4, -0.2) is 29.1 Å². The normalized spacial score (nSPS) is 11.7. The number of benzene rings is 2. The number of hydrogen-bond acceptors (Lipinski definition) is 2. The summed E-state index contributed by atoms with van der Waals surface area (Å²) in [7, 11) is 0. The molecule has 0 atom stereocenters. The molecule has 0 saturated heterocycles. The fourth-order valence-electron chi connectivity index (χ4n) is 3.26. The van der Waals surface area contributed by atoms with E-state index in [1.54, 1.807) is 0 Å². The molecule has 0 unspecified atom stereocenters. The Kier molecular flexibility index (Phi) is 6.49. The number of nitrogens with one attached hydrogen (secondary N) is 3. The number of hydrogen-bond donors (Lipinski definition) is 4. The minimum absolute atomic E-state index is 0.0373. The predicted molar refractivity (Wildman–Crippen MR) is 112 cm³/mol. The van der Waals surface area contributed by atoms with Crippen molar-refractivity contribution in [3.63, 3.8) is 0 Å². The molecule has 1 heterocycles. The molecule has 4 N–H and O–H groups in total. The Morgan fingerprint density at radius 2 is 1.85 bits per heavy atom. The van der Waals surface area contributed by atoms with Gasteiger partial charge in [-0.05, 0) is 42.5 Å². The van der Waals surface area contributed by atoms with Gasteiger partial charge in [0.15, 0.2) is 5.96 Å². The van der Waals surface area contributed by atoms with Crippen molar-refractivity contribution >= 4 is 16.9 Å². The van der Waals surface area contributed by atoms with Crippen molar-refractivity contribution in [1.82, 2.24) is 15.6 Å². The molecule has 3 rings (SSSR count). The van der Waals surface area contributed by atoms with Gasteiger partial charge < -0.3 is 20.7 Å². The summed E-state index contributed by atoms with van der Waals surface area (Å²) < 4.78 is 0. The van der Waals surface area contributed by atoms with Gasteiger partial charge in [0.2, 0.25) is 0 Å². The highest BCUT2D eigenvalue weighted by molar-refractivity contribution is 5.86. The lowest BCUT2D eigenvalue weighted by Gasteiger charge is -2.12. The minimum atomic E-state index is 0.0373. The number of rotatable bonds is 7. The van der Waals surface area contributed by atoms with Gasteiger partial charge in [-0.2, -0.15) is 0 Å². The maximum Gasteiger partial charge on any atom is 0.191 e. The first-order valence-corrected chi connectivity index (χ1v) is 9.48. The summed E-state index contributed by atoms with van der Waals surface area (Å²) in [5.41, 5.74) is 5.76. The zero-order valence-electron chi connectivity index (χ0n) is 16.0. The molecule has 2 aromatic carbocycles. The third-order valence-electron chi connectivity index (χ3n) is 4.74. The third-order valence-corrected chi connectivity index (χ3v) is 4.74. The van der Waals surface area contributed by atoms with Gasteiger partial charge in [-0.1, -0.05) is 42.5 Å². The van der Waals surface area contributed by atoms with Crippen LogP contribution in [0.5, 0.6) is 0 Å². The van der Waals surface area contributed by atoms with Crippen LogP contribution >= 0.6 is 0 Å². The lowest BCUT2D eigenvalue weighted by Crippen LogP contribution is -2.38. The molecule has 3 aromatic rings. The number of H-pyrrole nitrogens is 1. The van der Waals surface area contributed by atoms with E-state index in [9.17, 15) is 5.11 Å². The van der Waals surface area contributed by atoms with Gasteiger partial charge in [-0.15, -0.1) is 0 Å². The van der Waals surface area contributed by atoms with E-state index in [1.165, 1.54) is 22.0 Å². The van der Waals surface area contributed by atoms with Crippen molar-refractivity contribution in [2.24, 2.45) is 4.99 Å². The number of aromatic nitrogens is 1. The number of aliphatic imine (C=N–C) groups is 1. The first-order chi connectivity index (χ1) is 13.2. The molecule has 0 radical (unpaired) electrons. The van der Waals surface area contributed by atoms with E-state index in [0.29, 0.717) is 6.54 Å². The number of aryl methyl sites for hydroxylation is 1. The quantitative estimate of drug-likeness (QED) is 0.384. The number of aromatic amines is 1. The van der Waals surface area contributed by atoms with Crippen LogP contribution in [0.15, 0.2) is 53.7 Å². The number of aliphatic hydroxyl groups excluding tert-OH is 1. The second-order valence-electron chi connectivity index (χ2n) is 6.61. The largest absolute Gasteiger partial charge is 0.392 e. The Bertz CT molecular complexity index is 914. The third kappa shape index (κ3) is 4.68. The second-order valence-corrected chi connectivity index (χ2v) is 6.61. The zero-order valence-corrected chi connectivity index (χ0v) is 16.0. The van der Waals surface area contributed by atoms with Crippen LogP contribution in [0, 0.1) is 6.92 Å². The first kappa shape index (κ1) is 19.0. The van der Waals surface area contributed by atoms with Gasteiger partial charge in [0, 0.05) is 30.2 Å². The summed E-state index contributed by atoms with van der Waals surface area (Å²) in [5.74, 6) is 0.793. The number of aliphatic hydroxyl groups is 1. The zero-order chi connectivity index (χ0) is 19.1. The van der Waals surface area contributed by atoms with Crippen molar-refractivity contribution in [2.45, 2.75) is 33.4 Å². The summed E-state index contributed by atoms with van der Waals surface area (Å²) in [6.07, 6.45) is 3.02. The molecule has 1 aromatic heterocycles. The topological polar surface area (TPSA) is 72.4 Å². The molecule has 0 aliphatic rings. The van der Waals surface area contributed by atoms with Crippen LogP contribution in [0.1, 0.15) is 29.2 Å². The first-order valence-electron chi connectivity index (χ1n) is 9.48. The SMILES string of the molecule is CCNC(=NCc1ccccc1CO)NCCc1c[nH]c2c(C)cccc12. The van der Waals surface area contributed by atoms with Crippen molar-refractivity contribution in [1.29, 1.82) is 0 Å². The van der Waals surface area contributed by atoms with E-state index in [4.69, 9.17) is 0 Å². The van der Waals surface area contributed by atoms with E-state index in [2.05, 4.69) is 58.9 Å². The molecule has 0 aliphatic carbocycles. The highest BCUT2D eigenvalue weighted by Crippen LogP contribution is 2.21. The summed E-state index contributed by atoms with van der Waals surface area (Å²) in [6, 6.07) is 14.2. The average Bonchev–Trinajstić information content (AvgIpc) is 3.11. The van der Waals surface area contributed by atoms with Gasteiger partial charge in [-0.3, -0.25) is 0 Å². The Balaban J connectivity index is 1.63. The van der Waals surface area contributed by atoms with E-state index in [1.807, 2.05) is 24.3 Å². The molecule has 0 bridgehead atoms. The minimum Gasteiger partial charge on any atom is -0.392 e. The number of nitrogens with zero attached hydrogens (tertiary/aromatic N) is 1. The molecule has 0 amide bonds. The molecular weight excluding hydrogens is 336 g/mol. The molecule has 27 heavy (non-hydrogen) atoms. The predicted octanol–water partition coefficient (Wildman–Crippen LogP) is 3.27. The van der Waals surface area contributed by atoms with Crippen LogP contribution in [-0.2, 0) is 19.6 Å². The van der Waals surface area contributed by atoms with Gasteiger partial charge in [-0.25, -0.2) is 4.99 Å². The molecule has 0 spiro atoms. The van der Waals surface area contributed by atoms with Gasteiger partial charge in [0.25, 0.3) is 0 Å². The molecule has 0 saturated carbocycles. The van der Waals surface area contributed by atoms with Crippen LogP contribution in [0.25, 0.3) is 10.9 Å². The Hall–Kier alpha value is -2.79. The summed E-state index contributed by atoms with van der Waals surface area (Å²) in [5, 5.41) is 17.4. The summed E-state index contributed by atoms with van der Waals surface area (Å²) in [4.78, 5) is 8.04. The average molecular weight is 364 g/mol.